The SMILES string of the molecule is COc1cccc(C(=O)/C=C/c2ccc(Cl)s2)c1. The van der Waals surface area contributed by atoms with Crippen molar-refractivity contribution in [3.63, 3.8) is 0 Å². The van der Waals surface area contributed by atoms with Gasteiger partial charge in [-0.3, -0.25) is 4.79 Å². The lowest BCUT2D eigenvalue weighted by atomic mass is 10.1. The second kappa shape index (κ2) is 5.85. The fourth-order valence-corrected chi connectivity index (χ4v) is 2.41. The van der Waals surface area contributed by atoms with Crippen molar-refractivity contribution in [3.8, 4) is 5.75 Å². The molecule has 0 unspecified atom stereocenters. The molecule has 92 valence electrons. The number of allylic oxidation sites excluding steroid dienone is 1. The summed E-state index contributed by atoms with van der Waals surface area (Å²) < 4.78 is 5.79. The first kappa shape index (κ1) is 12.9. The lowest BCUT2D eigenvalue weighted by Gasteiger charge is -2.00. The number of carbonyl (C=O) groups excluding carboxylic acids is 1. The van der Waals surface area contributed by atoms with E-state index >= 15 is 0 Å². The number of halogens is 1. The Hall–Kier alpha value is -1.58. The van der Waals surface area contributed by atoms with Crippen LogP contribution in [0.3, 0.4) is 0 Å². The van der Waals surface area contributed by atoms with Crippen LogP contribution in [0.15, 0.2) is 42.5 Å². The standard InChI is InChI=1S/C14H11ClO2S/c1-17-11-4-2-3-10(9-11)13(16)7-5-12-6-8-14(15)18-12/h2-9H,1H3/b7-5+. The minimum Gasteiger partial charge on any atom is -0.497 e. The Morgan fingerprint density at radius 2 is 2.17 bits per heavy atom. The molecular formula is C14H11ClO2S. The predicted octanol–water partition coefficient (Wildman–Crippen LogP) is 4.31. The molecule has 0 N–H and O–H groups in total. The quantitative estimate of drug-likeness (QED) is 0.615. The summed E-state index contributed by atoms with van der Waals surface area (Å²) in [5.74, 6) is 0.617. The number of ether oxygens (including phenoxy) is 1. The summed E-state index contributed by atoms with van der Waals surface area (Å²) in [6.45, 7) is 0. The molecule has 1 aromatic carbocycles. The van der Waals surface area contributed by atoms with Gasteiger partial charge in [0.05, 0.1) is 11.4 Å². The van der Waals surface area contributed by atoms with Gasteiger partial charge in [0.1, 0.15) is 5.75 Å². The number of hydrogen-bond acceptors (Lipinski definition) is 3. The topological polar surface area (TPSA) is 26.3 Å². The molecule has 0 spiro atoms. The molecule has 0 saturated heterocycles. The Balaban J connectivity index is 2.14. The smallest absolute Gasteiger partial charge is 0.186 e. The minimum absolute atomic E-state index is 0.0570. The normalized spacial score (nSPS) is 10.8. The molecule has 0 aliphatic heterocycles. The predicted molar refractivity (Wildman–Crippen MR) is 75.7 cm³/mol. The number of hydrogen-bond donors (Lipinski definition) is 0. The Morgan fingerprint density at radius 3 is 2.83 bits per heavy atom. The number of benzene rings is 1. The molecule has 0 fully saturated rings. The fourth-order valence-electron chi connectivity index (χ4n) is 1.45. The molecule has 0 amide bonds. The third-order valence-electron chi connectivity index (χ3n) is 2.35. The van der Waals surface area contributed by atoms with Crippen LogP contribution in [0.4, 0.5) is 0 Å². The third-order valence-corrected chi connectivity index (χ3v) is 3.54. The second-order valence-corrected chi connectivity index (χ2v) is 5.32. The maximum Gasteiger partial charge on any atom is 0.186 e. The van der Waals surface area contributed by atoms with Crippen molar-refractivity contribution in [1.82, 2.24) is 0 Å². The van der Waals surface area contributed by atoms with E-state index in [1.807, 2.05) is 12.1 Å². The van der Waals surface area contributed by atoms with Gasteiger partial charge in [-0.25, -0.2) is 0 Å². The van der Waals surface area contributed by atoms with Crippen LogP contribution in [0, 0.1) is 0 Å². The van der Waals surface area contributed by atoms with Gasteiger partial charge in [0.2, 0.25) is 0 Å². The van der Waals surface area contributed by atoms with Gasteiger partial charge in [0.25, 0.3) is 0 Å². The molecule has 0 radical (unpaired) electrons. The molecule has 2 nitrogen and oxygen atoms in total. The van der Waals surface area contributed by atoms with E-state index in [2.05, 4.69) is 0 Å². The van der Waals surface area contributed by atoms with Crippen LogP contribution in [-0.2, 0) is 0 Å². The minimum atomic E-state index is -0.0570. The van der Waals surface area contributed by atoms with Crippen LogP contribution in [0.5, 0.6) is 5.75 Å². The van der Waals surface area contributed by atoms with Gasteiger partial charge in [0.15, 0.2) is 5.78 Å². The van der Waals surface area contributed by atoms with Crippen molar-refractivity contribution in [3.05, 3.63) is 57.3 Å². The van der Waals surface area contributed by atoms with E-state index in [-0.39, 0.29) is 5.78 Å². The summed E-state index contributed by atoms with van der Waals surface area (Å²) in [6, 6.07) is 10.8. The number of methoxy groups -OCH3 is 1. The van der Waals surface area contributed by atoms with Crippen LogP contribution < -0.4 is 4.74 Å². The first-order valence-electron chi connectivity index (χ1n) is 5.31. The van der Waals surface area contributed by atoms with Gasteiger partial charge in [-0.1, -0.05) is 23.7 Å². The highest BCUT2D eigenvalue weighted by Gasteiger charge is 2.03. The molecule has 0 saturated carbocycles. The van der Waals surface area contributed by atoms with Gasteiger partial charge >= 0.3 is 0 Å². The number of ketones is 1. The molecule has 2 rings (SSSR count). The van der Waals surface area contributed by atoms with Crippen molar-refractivity contribution >= 4 is 34.8 Å². The number of carbonyl (C=O) groups is 1. The molecule has 1 aromatic heterocycles. The molecule has 4 heteroatoms. The zero-order chi connectivity index (χ0) is 13.0. The Kier molecular flexibility index (Phi) is 4.18. The van der Waals surface area contributed by atoms with E-state index in [0.29, 0.717) is 15.6 Å². The van der Waals surface area contributed by atoms with Crippen molar-refractivity contribution in [1.29, 1.82) is 0 Å². The van der Waals surface area contributed by atoms with Crippen molar-refractivity contribution < 1.29 is 9.53 Å². The highest BCUT2D eigenvalue weighted by Crippen LogP contribution is 2.22. The van der Waals surface area contributed by atoms with E-state index in [1.54, 1.807) is 37.5 Å². The largest absolute Gasteiger partial charge is 0.497 e. The molecule has 0 bridgehead atoms. The van der Waals surface area contributed by atoms with Crippen LogP contribution in [0.2, 0.25) is 4.34 Å². The van der Waals surface area contributed by atoms with Crippen LogP contribution >= 0.6 is 22.9 Å². The van der Waals surface area contributed by atoms with Crippen molar-refractivity contribution in [2.45, 2.75) is 0 Å². The lowest BCUT2D eigenvalue weighted by Crippen LogP contribution is -1.94. The summed E-state index contributed by atoms with van der Waals surface area (Å²) in [7, 11) is 1.58. The van der Waals surface area contributed by atoms with Crippen LogP contribution in [0.25, 0.3) is 6.08 Å². The van der Waals surface area contributed by atoms with Gasteiger partial charge in [-0.2, -0.15) is 0 Å². The van der Waals surface area contributed by atoms with Gasteiger partial charge in [-0.05, 0) is 36.4 Å². The molecule has 18 heavy (non-hydrogen) atoms. The molecular weight excluding hydrogens is 268 g/mol. The van der Waals surface area contributed by atoms with E-state index in [0.717, 1.165) is 4.88 Å². The third kappa shape index (κ3) is 3.22. The Bertz CT molecular complexity index is 587. The van der Waals surface area contributed by atoms with E-state index in [1.165, 1.54) is 17.4 Å². The highest BCUT2D eigenvalue weighted by atomic mass is 35.5. The lowest BCUT2D eigenvalue weighted by molar-refractivity contribution is 0.104. The molecule has 0 aliphatic rings. The average molecular weight is 279 g/mol. The summed E-state index contributed by atoms with van der Waals surface area (Å²) >= 11 is 7.25. The monoisotopic (exact) mass is 278 g/mol. The maximum atomic E-state index is 11.9. The maximum absolute atomic E-state index is 11.9. The van der Waals surface area contributed by atoms with Gasteiger partial charge in [0, 0.05) is 10.4 Å². The van der Waals surface area contributed by atoms with Gasteiger partial charge in [-0.15, -0.1) is 11.3 Å². The molecule has 0 atom stereocenters. The fraction of sp³-hybridized carbons (Fsp3) is 0.0714. The summed E-state index contributed by atoms with van der Waals surface area (Å²) in [5, 5.41) is 0. The van der Waals surface area contributed by atoms with E-state index in [9.17, 15) is 4.79 Å². The second-order valence-electron chi connectivity index (χ2n) is 3.57. The molecule has 1 heterocycles. The van der Waals surface area contributed by atoms with Crippen molar-refractivity contribution in [2.75, 3.05) is 7.11 Å². The first-order chi connectivity index (χ1) is 8.69. The Labute approximate surface area is 114 Å². The van der Waals surface area contributed by atoms with Crippen molar-refractivity contribution in [2.24, 2.45) is 0 Å². The zero-order valence-corrected chi connectivity index (χ0v) is 11.3. The van der Waals surface area contributed by atoms with E-state index in [4.69, 9.17) is 16.3 Å². The average Bonchev–Trinajstić information content (AvgIpc) is 2.82. The first-order valence-corrected chi connectivity index (χ1v) is 6.50. The van der Waals surface area contributed by atoms with Crippen LogP contribution in [0.1, 0.15) is 15.2 Å². The Morgan fingerprint density at radius 1 is 1.33 bits per heavy atom. The van der Waals surface area contributed by atoms with E-state index < -0.39 is 0 Å². The van der Waals surface area contributed by atoms with Gasteiger partial charge < -0.3 is 4.74 Å². The van der Waals surface area contributed by atoms with Crippen LogP contribution in [-0.4, -0.2) is 12.9 Å². The summed E-state index contributed by atoms with van der Waals surface area (Å²) in [4.78, 5) is 12.9. The number of thiophene rings is 1. The molecule has 0 aliphatic carbocycles. The summed E-state index contributed by atoms with van der Waals surface area (Å²) in [6.07, 6.45) is 3.30. The summed E-state index contributed by atoms with van der Waals surface area (Å²) in [5.41, 5.74) is 0.605. The number of rotatable bonds is 4. The highest BCUT2D eigenvalue weighted by molar-refractivity contribution is 7.17. The zero-order valence-electron chi connectivity index (χ0n) is 9.72. The molecule has 2 aromatic rings.